The van der Waals surface area contributed by atoms with Crippen molar-refractivity contribution in [3.63, 3.8) is 0 Å². The van der Waals surface area contributed by atoms with Gasteiger partial charge in [0.2, 0.25) is 5.91 Å². The molecule has 0 spiro atoms. The molecular weight excluding hydrogens is 220 g/mol. The molecule has 1 saturated heterocycles. The molecule has 1 N–H and O–H groups in total. The fourth-order valence-electron chi connectivity index (χ4n) is 2.81. The van der Waals surface area contributed by atoms with E-state index in [1.807, 2.05) is 0 Å². The molecule has 0 aromatic carbocycles. The highest BCUT2D eigenvalue weighted by molar-refractivity contribution is 6.01. The number of rotatable bonds is 1. The van der Waals surface area contributed by atoms with Gasteiger partial charge in [-0.2, -0.15) is 0 Å². The van der Waals surface area contributed by atoms with E-state index in [1.54, 1.807) is 4.90 Å². The molecule has 96 valence electrons. The average Bonchev–Trinajstić information content (AvgIpc) is 2.50. The summed E-state index contributed by atoms with van der Waals surface area (Å²) in [6.07, 6.45) is 1.86. The Hall–Kier alpha value is -1.10. The maximum Gasteiger partial charge on any atom is 0.327 e. The lowest BCUT2D eigenvalue weighted by atomic mass is 9.71. The van der Waals surface area contributed by atoms with E-state index in [0.29, 0.717) is 6.42 Å². The number of urea groups is 1. The Balaban J connectivity index is 2.21. The van der Waals surface area contributed by atoms with E-state index in [4.69, 9.17) is 0 Å². The van der Waals surface area contributed by atoms with Crippen molar-refractivity contribution in [2.45, 2.75) is 45.3 Å². The Morgan fingerprint density at radius 1 is 1.35 bits per heavy atom. The van der Waals surface area contributed by atoms with Crippen molar-refractivity contribution in [1.82, 2.24) is 9.80 Å². The van der Waals surface area contributed by atoms with Gasteiger partial charge in [-0.25, -0.2) is 4.79 Å². The molecule has 0 aromatic heterocycles. The van der Waals surface area contributed by atoms with Crippen LogP contribution in [-0.4, -0.2) is 52.6 Å². The van der Waals surface area contributed by atoms with E-state index in [-0.39, 0.29) is 36.0 Å². The second-order valence-corrected chi connectivity index (χ2v) is 5.80. The number of hydrogen-bond acceptors (Lipinski definition) is 3. The zero-order valence-electron chi connectivity index (χ0n) is 10.6. The fraction of sp³-hybridized carbons (Fsp3) is 0.833. The van der Waals surface area contributed by atoms with Gasteiger partial charge in [-0.15, -0.1) is 0 Å². The van der Waals surface area contributed by atoms with Crippen LogP contribution >= 0.6 is 0 Å². The van der Waals surface area contributed by atoms with Crippen LogP contribution in [0.4, 0.5) is 4.79 Å². The summed E-state index contributed by atoms with van der Waals surface area (Å²) in [6.45, 7) is 4.34. The maximum atomic E-state index is 12.0. The van der Waals surface area contributed by atoms with E-state index in [9.17, 15) is 14.7 Å². The summed E-state index contributed by atoms with van der Waals surface area (Å²) in [7, 11) is 1.51. The van der Waals surface area contributed by atoms with Crippen LogP contribution in [0.15, 0.2) is 0 Å². The molecular formula is C12H20N2O3. The average molecular weight is 240 g/mol. The second kappa shape index (κ2) is 3.98. The van der Waals surface area contributed by atoms with Crippen molar-refractivity contribution in [2.75, 3.05) is 13.6 Å². The molecule has 2 rings (SSSR count). The maximum absolute atomic E-state index is 12.0. The monoisotopic (exact) mass is 240 g/mol. The second-order valence-electron chi connectivity index (χ2n) is 5.80. The Bertz CT molecular complexity index is 354. The van der Waals surface area contributed by atoms with Crippen LogP contribution in [-0.2, 0) is 4.79 Å². The van der Waals surface area contributed by atoms with Crippen molar-refractivity contribution in [3.8, 4) is 0 Å². The van der Waals surface area contributed by atoms with Gasteiger partial charge in [0.1, 0.15) is 6.54 Å². The number of aliphatic hydroxyl groups is 1. The van der Waals surface area contributed by atoms with Gasteiger partial charge < -0.3 is 10.0 Å². The number of likely N-dealkylation sites (N-methyl/N-ethyl adjacent to an activating group) is 1. The van der Waals surface area contributed by atoms with Crippen LogP contribution in [0.2, 0.25) is 0 Å². The topological polar surface area (TPSA) is 60.9 Å². The van der Waals surface area contributed by atoms with Crippen molar-refractivity contribution < 1.29 is 14.7 Å². The number of carbonyl (C=O) groups is 2. The first-order valence-corrected chi connectivity index (χ1v) is 6.08. The number of hydrogen-bond donors (Lipinski definition) is 1. The highest BCUT2D eigenvalue weighted by atomic mass is 16.3. The third-order valence-electron chi connectivity index (χ3n) is 4.11. The third kappa shape index (κ3) is 2.04. The molecule has 1 heterocycles. The molecule has 2 unspecified atom stereocenters. The highest BCUT2D eigenvalue weighted by Gasteiger charge is 2.46. The van der Waals surface area contributed by atoms with Crippen LogP contribution in [0.1, 0.15) is 33.1 Å². The lowest BCUT2D eigenvalue weighted by Crippen LogP contribution is -2.51. The number of carbonyl (C=O) groups excluding carboxylic acids is 2. The molecule has 2 aliphatic rings. The van der Waals surface area contributed by atoms with Crippen LogP contribution in [0.5, 0.6) is 0 Å². The lowest BCUT2D eigenvalue weighted by molar-refractivity contribution is -0.124. The summed E-state index contributed by atoms with van der Waals surface area (Å²) in [5, 5.41) is 9.75. The van der Waals surface area contributed by atoms with E-state index >= 15 is 0 Å². The van der Waals surface area contributed by atoms with Crippen LogP contribution in [0.25, 0.3) is 0 Å². The number of amides is 3. The molecule has 2 atom stereocenters. The zero-order chi connectivity index (χ0) is 12.8. The van der Waals surface area contributed by atoms with Gasteiger partial charge >= 0.3 is 6.03 Å². The first-order chi connectivity index (χ1) is 7.83. The predicted octanol–water partition coefficient (Wildman–Crippen LogP) is 0.820. The Labute approximate surface area is 101 Å². The molecule has 5 nitrogen and oxygen atoms in total. The minimum absolute atomic E-state index is 0.0413. The molecule has 17 heavy (non-hydrogen) atoms. The van der Waals surface area contributed by atoms with E-state index in [1.165, 1.54) is 7.05 Å². The summed E-state index contributed by atoms with van der Waals surface area (Å²) in [4.78, 5) is 26.3. The largest absolute Gasteiger partial charge is 0.393 e. The fourth-order valence-corrected chi connectivity index (χ4v) is 2.81. The molecule has 5 heteroatoms. The third-order valence-corrected chi connectivity index (χ3v) is 4.11. The van der Waals surface area contributed by atoms with Gasteiger partial charge in [0.05, 0.1) is 6.10 Å². The smallest absolute Gasteiger partial charge is 0.327 e. The molecule has 0 bridgehead atoms. The zero-order valence-corrected chi connectivity index (χ0v) is 10.6. The SMILES string of the molecule is CN1C(=O)CN(C2CC(O)CCC2(C)C)C1=O. The Morgan fingerprint density at radius 3 is 2.53 bits per heavy atom. The summed E-state index contributed by atoms with van der Waals surface area (Å²) in [6, 6.07) is -0.283. The normalized spacial score (nSPS) is 33.4. The molecule has 0 radical (unpaired) electrons. The van der Waals surface area contributed by atoms with E-state index in [0.717, 1.165) is 17.7 Å². The van der Waals surface area contributed by atoms with Gasteiger partial charge in [-0.1, -0.05) is 13.8 Å². The van der Waals surface area contributed by atoms with Gasteiger partial charge in [-0.05, 0) is 24.7 Å². The van der Waals surface area contributed by atoms with Crippen molar-refractivity contribution in [1.29, 1.82) is 0 Å². The number of nitrogens with zero attached hydrogens (tertiary/aromatic N) is 2. The van der Waals surface area contributed by atoms with Gasteiger partial charge in [0.25, 0.3) is 0 Å². The lowest BCUT2D eigenvalue weighted by Gasteiger charge is -2.44. The molecule has 1 aliphatic carbocycles. The molecule has 1 saturated carbocycles. The first kappa shape index (κ1) is 12.4. The van der Waals surface area contributed by atoms with Gasteiger partial charge in [0, 0.05) is 13.1 Å². The van der Waals surface area contributed by atoms with Crippen LogP contribution < -0.4 is 0 Å². The van der Waals surface area contributed by atoms with E-state index in [2.05, 4.69) is 13.8 Å². The minimum Gasteiger partial charge on any atom is -0.393 e. The molecule has 0 aromatic rings. The van der Waals surface area contributed by atoms with E-state index < -0.39 is 0 Å². The van der Waals surface area contributed by atoms with Gasteiger partial charge in [-0.3, -0.25) is 9.69 Å². The minimum atomic E-state index is -0.359. The molecule has 2 fully saturated rings. The van der Waals surface area contributed by atoms with Gasteiger partial charge in [0.15, 0.2) is 0 Å². The van der Waals surface area contributed by atoms with Crippen molar-refractivity contribution in [3.05, 3.63) is 0 Å². The Morgan fingerprint density at radius 2 is 2.00 bits per heavy atom. The predicted molar refractivity (Wildman–Crippen MR) is 62.3 cm³/mol. The first-order valence-electron chi connectivity index (χ1n) is 6.08. The molecule has 3 amide bonds. The number of imide groups is 1. The standard InChI is InChI=1S/C12H20N2O3/c1-12(2)5-4-8(15)6-9(12)14-7-10(16)13(3)11(14)17/h8-9,15H,4-7H2,1-3H3. The highest BCUT2D eigenvalue weighted by Crippen LogP contribution is 2.39. The van der Waals surface area contributed by atoms with Crippen molar-refractivity contribution in [2.24, 2.45) is 5.41 Å². The quantitative estimate of drug-likeness (QED) is 0.690. The van der Waals surface area contributed by atoms with Crippen molar-refractivity contribution >= 4 is 11.9 Å². The van der Waals surface area contributed by atoms with Crippen LogP contribution in [0, 0.1) is 5.41 Å². The molecule has 1 aliphatic heterocycles. The van der Waals surface area contributed by atoms with Crippen LogP contribution in [0.3, 0.4) is 0 Å². The summed E-state index contributed by atoms with van der Waals surface area (Å²) < 4.78 is 0. The summed E-state index contributed by atoms with van der Waals surface area (Å²) in [5.41, 5.74) is -0.0413. The summed E-state index contributed by atoms with van der Waals surface area (Å²) >= 11 is 0. The number of aliphatic hydroxyl groups excluding tert-OH is 1. The summed E-state index contributed by atoms with van der Waals surface area (Å²) in [5.74, 6) is -0.161. The Kier molecular flexibility index (Phi) is 2.89.